The standard InChI is InChI=1S/C9H7FO3/c10-5-8(11)6-3-1-2-4-7(6)9(12)13/h1-4H,5H2,(H,12,13). The number of hydrogen-bond acceptors (Lipinski definition) is 2. The Hall–Kier alpha value is -1.71. The van der Waals surface area contributed by atoms with E-state index in [1.165, 1.54) is 24.3 Å². The predicted octanol–water partition coefficient (Wildman–Crippen LogP) is 1.54. The van der Waals surface area contributed by atoms with Crippen molar-refractivity contribution >= 4 is 11.8 Å². The van der Waals surface area contributed by atoms with Crippen molar-refractivity contribution in [1.29, 1.82) is 0 Å². The quantitative estimate of drug-likeness (QED) is 0.721. The molecule has 0 heterocycles. The lowest BCUT2D eigenvalue weighted by Gasteiger charge is -2.00. The van der Waals surface area contributed by atoms with Crippen molar-refractivity contribution < 1.29 is 19.1 Å². The average Bonchev–Trinajstić information content (AvgIpc) is 2.16. The van der Waals surface area contributed by atoms with Gasteiger partial charge in [-0.15, -0.1) is 0 Å². The van der Waals surface area contributed by atoms with E-state index in [9.17, 15) is 14.0 Å². The summed E-state index contributed by atoms with van der Waals surface area (Å²) >= 11 is 0. The third-order valence-corrected chi connectivity index (χ3v) is 1.58. The molecule has 1 N–H and O–H groups in total. The molecule has 0 amide bonds. The van der Waals surface area contributed by atoms with Gasteiger partial charge in [-0.25, -0.2) is 9.18 Å². The molecule has 0 aliphatic heterocycles. The van der Waals surface area contributed by atoms with Crippen LogP contribution in [0, 0.1) is 0 Å². The minimum Gasteiger partial charge on any atom is -0.478 e. The topological polar surface area (TPSA) is 54.4 Å². The second-order valence-corrected chi connectivity index (χ2v) is 2.41. The number of Topliss-reactive ketones (excluding diaryl/α,β-unsaturated/α-hetero) is 1. The summed E-state index contributed by atoms with van der Waals surface area (Å²) in [5.41, 5.74) is -0.248. The fourth-order valence-electron chi connectivity index (χ4n) is 0.985. The van der Waals surface area contributed by atoms with Gasteiger partial charge in [-0.3, -0.25) is 4.79 Å². The molecule has 0 aliphatic rings. The molecule has 0 saturated heterocycles. The largest absolute Gasteiger partial charge is 0.478 e. The van der Waals surface area contributed by atoms with Gasteiger partial charge in [0.25, 0.3) is 0 Å². The molecule has 4 heteroatoms. The highest BCUT2D eigenvalue weighted by molar-refractivity contribution is 6.06. The van der Waals surface area contributed by atoms with Crippen molar-refractivity contribution in [3.63, 3.8) is 0 Å². The van der Waals surface area contributed by atoms with Crippen LogP contribution in [0.2, 0.25) is 0 Å². The number of carbonyl (C=O) groups excluding carboxylic acids is 1. The summed E-state index contributed by atoms with van der Waals surface area (Å²) in [6.45, 7) is -1.18. The number of hydrogen-bond donors (Lipinski definition) is 1. The smallest absolute Gasteiger partial charge is 0.336 e. The van der Waals surface area contributed by atoms with Gasteiger partial charge in [0.1, 0.15) is 0 Å². The van der Waals surface area contributed by atoms with Crippen LogP contribution in [0.3, 0.4) is 0 Å². The summed E-state index contributed by atoms with van der Waals surface area (Å²) in [5, 5.41) is 8.64. The molecule has 1 aromatic rings. The van der Waals surface area contributed by atoms with E-state index in [0.717, 1.165) is 0 Å². The molecule has 0 bridgehead atoms. The first-order chi connectivity index (χ1) is 6.16. The number of ketones is 1. The summed E-state index contributed by atoms with van der Waals surface area (Å²) in [5.74, 6) is -2.03. The van der Waals surface area contributed by atoms with Gasteiger partial charge in [-0.05, 0) is 6.07 Å². The van der Waals surface area contributed by atoms with E-state index in [1.807, 2.05) is 0 Å². The fourth-order valence-corrected chi connectivity index (χ4v) is 0.985. The highest BCUT2D eigenvalue weighted by Crippen LogP contribution is 2.09. The average molecular weight is 182 g/mol. The first-order valence-electron chi connectivity index (χ1n) is 3.58. The van der Waals surface area contributed by atoms with Crippen LogP contribution in [0.5, 0.6) is 0 Å². The second-order valence-electron chi connectivity index (χ2n) is 2.41. The van der Waals surface area contributed by atoms with Gasteiger partial charge in [0.05, 0.1) is 5.56 Å². The van der Waals surface area contributed by atoms with Crippen molar-refractivity contribution in [3.8, 4) is 0 Å². The highest BCUT2D eigenvalue weighted by atomic mass is 19.1. The van der Waals surface area contributed by atoms with Gasteiger partial charge in [-0.2, -0.15) is 0 Å². The van der Waals surface area contributed by atoms with Gasteiger partial charge >= 0.3 is 5.97 Å². The molecule has 0 fully saturated rings. The summed E-state index contributed by atoms with van der Waals surface area (Å²) in [6.07, 6.45) is 0. The van der Waals surface area contributed by atoms with Crippen molar-refractivity contribution in [2.75, 3.05) is 6.67 Å². The Morgan fingerprint density at radius 1 is 1.23 bits per heavy atom. The van der Waals surface area contributed by atoms with Crippen molar-refractivity contribution in [2.45, 2.75) is 0 Å². The Morgan fingerprint density at radius 2 is 1.77 bits per heavy atom. The summed E-state index contributed by atoms with van der Waals surface area (Å²) in [7, 11) is 0. The lowest BCUT2D eigenvalue weighted by Crippen LogP contribution is -2.09. The first kappa shape index (κ1) is 9.38. The van der Waals surface area contributed by atoms with Crippen LogP contribution in [0.4, 0.5) is 4.39 Å². The molecule has 3 nitrogen and oxygen atoms in total. The number of carboxylic acids is 1. The van der Waals surface area contributed by atoms with Gasteiger partial charge < -0.3 is 5.11 Å². The zero-order valence-corrected chi connectivity index (χ0v) is 6.66. The minimum absolute atomic E-state index is 0.0856. The maximum atomic E-state index is 12.0. The lowest BCUT2D eigenvalue weighted by atomic mass is 10.0. The molecule has 0 aliphatic carbocycles. The normalized spacial score (nSPS) is 9.62. The van der Waals surface area contributed by atoms with E-state index in [-0.39, 0.29) is 11.1 Å². The van der Waals surface area contributed by atoms with Gasteiger partial charge in [0, 0.05) is 5.56 Å². The van der Waals surface area contributed by atoms with Crippen LogP contribution in [0.1, 0.15) is 20.7 Å². The number of carbonyl (C=O) groups is 2. The van der Waals surface area contributed by atoms with Crippen LogP contribution in [0.25, 0.3) is 0 Å². The number of halogens is 1. The first-order valence-corrected chi connectivity index (χ1v) is 3.58. The molecule has 0 unspecified atom stereocenters. The zero-order valence-electron chi connectivity index (χ0n) is 6.66. The van der Waals surface area contributed by atoms with Gasteiger partial charge in [-0.1, -0.05) is 18.2 Å². The van der Waals surface area contributed by atoms with Crippen molar-refractivity contribution in [2.24, 2.45) is 0 Å². The third kappa shape index (κ3) is 1.90. The third-order valence-electron chi connectivity index (χ3n) is 1.58. The Labute approximate surface area is 73.8 Å². The van der Waals surface area contributed by atoms with E-state index in [4.69, 9.17) is 5.11 Å². The highest BCUT2D eigenvalue weighted by Gasteiger charge is 2.14. The Balaban J connectivity index is 3.19. The van der Waals surface area contributed by atoms with Crippen LogP contribution >= 0.6 is 0 Å². The predicted molar refractivity (Wildman–Crippen MR) is 43.7 cm³/mol. The van der Waals surface area contributed by atoms with Crippen LogP contribution in [-0.2, 0) is 0 Å². The molecular weight excluding hydrogens is 175 g/mol. The number of carboxylic acid groups (broad SMARTS) is 1. The number of rotatable bonds is 3. The molecule has 0 atom stereocenters. The summed E-state index contributed by atoms with van der Waals surface area (Å²) < 4.78 is 12.0. The maximum absolute atomic E-state index is 12.0. The van der Waals surface area contributed by atoms with E-state index >= 15 is 0 Å². The van der Waals surface area contributed by atoms with Crippen LogP contribution in [0.15, 0.2) is 24.3 Å². The molecule has 0 aromatic heterocycles. The lowest BCUT2D eigenvalue weighted by molar-refractivity contribution is 0.0691. The Bertz CT molecular complexity index is 346. The van der Waals surface area contributed by atoms with Crippen LogP contribution in [-0.4, -0.2) is 23.5 Å². The number of alkyl halides is 1. The molecule has 0 radical (unpaired) electrons. The molecule has 13 heavy (non-hydrogen) atoms. The van der Waals surface area contributed by atoms with E-state index < -0.39 is 18.4 Å². The molecular formula is C9H7FO3. The van der Waals surface area contributed by atoms with Gasteiger partial charge in [0.15, 0.2) is 12.5 Å². The summed E-state index contributed by atoms with van der Waals surface area (Å²) in [4.78, 5) is 21.5. The molecule has 0 saturated carbocycles. The molecule has 1 aromatic carbocycles. The van der Waals surface area contributed by atoms with E-state index in [1.54, 1.807) is 0 Å². The molecule has 0 spiro atoms. The molecule has 1 rings (SSSR count). The zero-order chi connectivity index (χ0) is 9.84. The maximum Gasteiger partial charge on any atom is 0.336 e. The van der Waals surface area contributed by atoms with Gasteiger partial charge in [0.2, 0.25) is 0 Å². The second kappa shape index (κ2) is 3.80. The number of benzene rings is 1. The Kier molecular flexibility index (Phi) is 2.74. The minimum atomic E-state index is -1.22. The van der Waals surface area contributed by atoms with Crippen molar-refractivity contribution in [1.82, 2.24) is 0 Å². The fraction of sp³-hybridized carbons (Fsp3) is 0.111. The Morgan fingerprint density at radius 3 is 2.23 bits per heavy atom. The molecule has 68 valence electrons. The summed E-state index contributed by atoms with van der Waals surface area (Å²) in [6, 6.07) is 5.55. The number of aromatic carboxylic acids is 1. The van der Waals surface area contributed by atoms with E-state index in [0.29, 0.717) is 0 Å². The SMILES string of the molecule is O=C(O)c1ccccc1C(=O)CF. The van der Waals surface area contributed by atoms with Crippen LogP contribution < -0.4 is 0 Å². The van der Waals surface area contributed by atoms with E-state index in [2.05, 4.69) is 0 Å². The van der Waals surface area contributed by atoms with Crippen molar-refractivity contribution in [3.05, 3.63) is 35.4 Å². The monoisotopic (exact) mass is 182 g/mol.